The molecule has 4 heteroatoms. The molecule has 4 nitrogen and oxygen atoms in total. The van der Waals surface area contributed by atoms with Crippen LogP contribution in [0, 0.1) is 6.92 Å². The molecular formula is C17H31N3O. The van der Waals surface area contributed by atoms with Crippen LogP contribution in [0.2, 0.25) is 0 Å². The molecule has 0 saturated carbocycles. The van der Waals surface area contributed by atoms with E-state index in [-0.39, 0.29) is 0 Å². The average Bonchev–Trinajstić information content (AvgIpc) is 3.06. The summed E-state index contributed by atoms with van der Waals surface area (Å²) in [5, 5.41) is 3.32. The number of likely N-dealkylation sites (N-methyl/N-ethyl adjacent to an activating group) is 1. The summed E-state index contributed by atoms with van der Waals surface area (Å²) in [4.78, 5) is 5.15. The molecule has 2 rings (SSSR count). The molecule has 0 bridgehead atoms. The van der Waals surface area contributed by atoms with Crippen LogP contribution in [0.15, 0.2) is 10.5 Å². The van der Waals surface area contributed by atoms with Crippen LogP contribution in [0.5, 0.6) is 0 Å². The number of hydrogen-bond donors (Lipinski definition) is 1. The maximum atomic E-state index is 5.84. The van der Waals surface area contributed by atoms with Crippen molar-refractivity contribution in [2.75, 3.05) is 32.7 Å². The molecule has 1 fully saturated rings. The molecular weight excluding hydrogens is 262 g/mol. The van der Waals surface area contributed by atoms with E-state index >= 15 is 0 Å². The molecule has 2 heterocycles. The fraction of sp³-hybridized carbons (Fsp3) is 0.765. The normalized spacial score (nSPS) is 19.8. The molecule has 1 N–H and O–H groups in total. The van der Waals surface area contributed by atoms with Crippen molar-refractivity contribution < 1.29 is 4.42 Å². The summed E-state index contributed by atoms with van der Waals surface area (Å²) >= 11 is 0. The van der Waals surface area contributed by atoms with Gasteiger partial charge >= 0.3 is 0 Å². The Morgan fingerprint density at radius 2 is 2.10 bits per heavy atom. The highest BCUT2D eigenvalue weighted by Crippen LogP contribution is 2.21. The molecule has 1 aliphatic heterocycles. The van der Waals surface area contributed by atoms with Crippen molar-refractivity contribution in [2.24, 2.45) is 0 Å². The highest BCUT2D eigenvalue weighted by molar-refractivity contribution is 5.21. The molecule has 0 radical (unpaired) electrons. The Kier molecular flexibility index (Phi) is 6.27. The van der Waals surface area contributed by atoms with Gasteiger partial charge in [-0.3, -0.25) is 9.80 Å². The zero-order valence-electron chi connectivity index (χ0n) is 14.1. The Morgan fingerprint density at radius 3 is 2.76 bits per heavy atom. The van der Waals surface area contributed by atoms with Gasteiger partial charge in [0.2, 0.25) is 0 Å². The van der Waals surface area contributed by atoms with E-state index in [0.717, 1.165) is 50.3 Å². The SMILES string of the molecule is CCNCc1cc(CN2CCC(N(CC)CC)C2)c(C)o1. The van der Waals surface area contributed by atoms with Crippen LogP contribution in [-0.2, 0) is 13.1 Å². The number of rotatable bonds is 8. The lowest BCUT2D eigenvalue weighted by Gasteiger charge is -2.26. The van der Waals surface area contributed by atoms with E-state index in [9.17, 15) is 0 Å². The van der Waals surface area contributed by atoms with Crippen molar-refractivity contribution >= 4 is 0 Å². The molecule has 1 unspecified atom stereocenters. The van der Waals surface area contributed by atoms with Crippen molar-refractivity contribution in [3.05, 3.63) is 23.2 Å². The predicted octanol–water partition coefficient (Wildman–Crippen LogP) is 2.61. The van der Waals surface area contributed by atoms with Crippen molar-refractivity contribution in [1.29, 1.82) is 0 Å². The standard InChI is InChI=1S/C17H31N3O/c1-5-18-11-17-10-15(14(4)21-17)12-19-9-8-16(13-19)20(6-2)7-3/h10,16,18H,5-9,11-13H2,1-4H3. The largest absolute Gasteiger partial charge is 0.465 e. The minimum absolute atomic E-state index is 0.730. The number of likely N-dealkylation sites (tertiary alicyclic amines) is 1. The van der Waals surface area contributed by atoms with E-state index in [0.29, 0.717) is 0 Å². The second-order valence-electron chi connectivity index (χ2n) is 5.97. The van der Waals surface area contributed by atoms with Gasteiger partial charge in [0.25, 0.3) is 0 Å². The molecule has 120 valence electrons. The van der Waals surface area contributed by atoms with E-state index in [1.807, 2.05) is 0 Å². The molecule has 1 aromatic rings. The van der Waals surface area contributed by atoms with Gasteiger partial charge in [-0.05, 0) is 39.0 Å². The first-order valence-corrected chi connectivity index (χ1v) is 8.43. The zero-order valence-corrected chi connectivity index (χ0v) is 14.1. The first kappa shape index (κ1) is 16.5. The lowest BCUT2D eigenvalue weighted by Crippen LogP contribution is -2.37. The van der Waals surface area contributed by atoms with Gasteiger partial charge in [-0.25, -0.2) is 0 Å². The molecule has 0 aliphatic carbocycles. The smallest absolute Gasteiger partial charge is 0.118 e. The minimum Gasteiger partial charge on any atom is -0.465 e. The summed E-state index contributed by atoms with van der Waals surface area (Å²) in [6.07, 6.45) is 1.29. The van der Waals surface area contributed by atoms with Gasteiger partial charge in [0.05, 0.1) is 6.54 Å². The fourth-order valence-corrected chi connectivity index (χ4v) is 3.31. The maximum absolute atomic E-state index is 5.84. The summed E-state index contributed by atoms with van der Waals surface area (Å²) in [6.45, 7) is 16.3. The summed E-state index contributed by atoms with van der Waals surface area (Å²) in [6, 6.07) is 2.95. The number of hydrogen-bond acceptors (Lipinski definition) is 4. The van der Waals surface area contributed by atoms with E-state index in [1.54, 1.807) is 0 Å². The van der Waals surface area contributed by atoms with E-state index in [4.69, 9.17) is 4.42 Å². The van der Waals surface area contributed by atoms with Gasteiger partial charge in [-0.2, -0.15) is 0 Å². The Morgan fingerprint density at radius 1 is 1.33 bits per heavy atom. The molecule has 1 aliphatic rings. The van der Waals surface area contributed by atoms with Crippen molar-refractivity contribution in [2.45, 2.75) is 53.2 Å². The van der Waals surface area contributed by atoms with Crippen molar-refractivity contribution in [3.8, 4) is 0 Å². The van der Waals surface area contributed by atoms with Gasteiger partial charge in [0.15, 0.2) is 0 Å². The summed E-state index contributed by atoms with van der Waals surface area (Å²) in [5.41, 5.74) is 1.35. The number of nitrogens with zero attached hydrogens (tertiary/aromatic N) is 2. The first-order chi connectivity index (χ1) is 10.2. The van der Waals surface area contributed by atoms with Crippen molar-refractivity contribution in [1.82, 2.24) is 15.1 Å². The van der Waals surface area contributed by atoms with E-state index in [2.05, 4.69) is 48.9 Å². The topological polar surface area (TPSA) is 31.6 Å². The molecule has 0 aromatic carbocycles. The lowest BCUT2D eigenvalue weighted by molar-refractivity contribution is 0.209. The minimum atomic E-state index is 0.730. The van der Waals surface area contributed by atoms with Crippen LogP contribution < -0.4 is 5.32 Å². The maximum Gasteiger partial charge on any atom is 0.118 e. The van der Waals surface area contributed by atoms with Gasteiger partial charge in [-0.1, -0.05) is 20.8 Å². The lowest BCUT2D eigenvalue weighted by atomic mass is 10.2. The van der Waals surface area contributed by atoms with Gasteiger partial charge in [0, 0.05) is 31.2 Å². The Balaban J connectivity index is 1.89. The van der Waals surface area contributed by atoms with Crippen molar-refractivity contribution in [3.63, 3.8) is 0 Å². The van der Waals surface area contributed by atoms with Gasteiger partial charge in [0.1, 0.15) is 11.5 Å². The summed E-state index contributed by atoms with van der Waals surface area (Å²) in [7, 11) is 0. The van der Waals surface area contributed by atoms with Gasteiger partial charge in [-0.15, -0.1) is 0 Å². The van der Waals surface area contributed by atoms with Crippen LogP contribution >= 0.6 is 0 Å². The highest BCUT2D eigenvalue weighted by Gasteiger charge is 2.26. The quantitative estimate of drug-likeness (QED) is 0.798. The number of aryl methyl sites for hydroxylation is 1. The van der Waals surface area contributed by atoms with Crippen LogP contribution in [0.3, 0.4) is 0 Å². The molecule has 1 saturated heterocycles. The highest BCUT2D eigenvalue weighted by atomic mass is 16.3. The second-order valence-corrected chi connectivity index (χ2v) is 5.97. The Hall–Kier alpha value is -0.840. The predicted molar refractivity (Wildman–Crippen MR) is 87.4 cm³/mol. The first-order valence-electron chi connectivity index (χ1n) is 8.43. The summed E-state index contributed by atoms with van der Waals surface area (Å²) < 4.78 is 5.84. The number of furan rings is 1. The molecule has 1 aromatic heterocycles. The van der Waals surface area contributed by atoms with Crippen LogP contribution in [0.25, 0.3) is 0 Å². The van der Waals surface area contributed by atoms with Crippen LogP contribution in [0.4, 0.5) is 0 Å². The van der Waals surface area contributed by atoms with Crippen LogP contribution in [-0.4, -0.2) is 48.6 Å². The third-order valence-corrected chi connectivity index (χ3v) is 4.59. The molecule has 0 spiro atoms. The third kappa shape index (κ3) is 4.31. The second kappa shape index (κ2) is 7.97. The van der Waals surface area contributed by atoms with Gasteiger partial charge < -0.3 is 9.73 Å². The third-order valence-electron chi connectivity index (χ3n) is 4.59. The van der Waals surface area contributed by atoms with E-state index < -0.39 is 0 Å². The Bertz CT molecular complexity index is 426. The molecule has 0 amide bonds. The van der Waals surface area contributed by atoms with E-state index in [1.165, 1.54) is 25.1 Å². The molecule has 21 heavy (non-hydrogen) atoms. The van der Waals surface area contributed by atoms with Crippen LogP contribution in [0.1, 0.15) is 44.3 Å². The Labute approximate surface area is 129 Å². The molecule has 1 atom stereocenters. The zero-order chi connectivity index (χ0) is 15.2. The fourth-order valence-electron chi connectivity index (χ4n) is 3.31. The summed E-state index contributed by atoms with van der Waals surface area (Å²) in [5.74, 6) is 2.14. The number of nitrogens with one attached hydrogen (secondary N) is 1. The average molecular weight is 293 g/mol. The monoisotopic (exact) mass is 293 g/mol.